The third kappa shape index (κ3) is 3.37. The van der Waals surface area contributed by atoms with Gasteiger partial charge in [0, 0.05) is 5.75 Å². The Morgan fingerprint density at radius 2 is 1.81 bits per heavy atom. The number of benzene rings is 3. The predicted molar refractivity (Wildman–Crippen MR) is 122 cm³/mol. The molecule has 2 aromatic heterocycles. The van der Waals surface area contributed by atoms with Gasteiger partial charge in [0.15, 0.2) is 5.16 Å². The highest BCUT2D eigenvalue weighted by atomic mass is 32.2. The molecule has 0 unspecified atom stereocenters. The maximum absolute atomic E-state index is 13.3. The van der Waals surface area contributed by atoms with Crippen molar-refractivity contribution in [3.8, 4) is 11.8 Å². The van der Waals surface area contributed by atoms with E-state index < -0.39 is 0 Å². The molecule has 0 aliphatic rings. The Morgan fingerprint density at radius 1 is 1.00 bits per heavy atom. The molecule has 0 spiro atoms. The molecular formula is C24H17N5OS. The zero-order chi connectivity index (χ0) is 21.4. The fourth-order valence-electron chi connectivity index (χ4n) is 3.58. The number of hydrogen-bond donors (Lipinski definition) is 0. The van der Waals surface area contributed by atoms with Gasteiger partial charge in [0.2, 0.25) is 5.78 Å². The van der Waals surface area contributed by atoms with Crippen molar-refractivity contribution < 1.29 is 0 Å². The van der Waals surface area contributed by atoms with E-state index in [4.69, 9.17) is 5.26 Å². The van der Waals surface area contributed by atoms with E-state index in [0.717, 1.165) is 22.3 Å². The minimum atomic E-state index is -0.127. The minimum absolute atomic E-state index is 0.127. The summed E-state index contributed by atoms with van der Waals surface area (Å²) in [5.74, 6) is 1.11. The normalized spacial score (nSPS) is 11.1. The molecule has 7 heteroatoms. The van der Waals surface area contributed by atoms with Gasteiger partial charge in [-0.05, 0) is 48.9 Å². The summed E-state index contributed by atoms with van der Waals surface area (Å²) in [6, 6.07) is 25.0. The van der Waals surface area contributed by atoms with Crippen LogP contribution in [-0.4, -0.2) is 19.2 Å². The Morgan fingerprint density at radius 3 is 2.61 bits per heavy atom. The Labute approximate surface area is 182 Å². The Bertz CT molecular complexity index is 1530. The van der Waals surface area contributed by atoms with Crippen LogP contribution in [0.4, 0.5) is 0 Å². The van der Waals surface area contributed by atoms with Crippen LogP contribution in [0.2, 0.25) is 0 Å². The van der Waals surface area contributed by atoms with Crippen molar-refractivity contribution in [2.75, 3.05) is 0 Å². The highest BCUT2D eigenvalue weighted by molar-refractivity contribution is 7.98. The molecule has 150 valence electrons. The molecule has 0 N–H and O–H groups in total. The van der Waals surface area contributed by atoms with Gasteiger partial charge in [-0.15, -0.1) is 10.2 Å². The van der Waals surface area contributed by atoms with Crippen molar-refractivity contribution in [2.24, 2.45) is 0 Å². The molecule has 0 fully saturated rings. The summed E-state index contributed by atoms with van der Waals surface area (Å²) in [6.07, 6.45) is 0. The first kappa shape index (κ1) is 19.1. The van der Waals surface area contributed by atoms with Gasteiger partial charge >= 0.3 is 0 Å². The second-order valence-electron chi connectivity index (χ2n) is 7.21. The molecular weight excluding hydrogens is 406 g/mol. The lowest BCUT2D eigenvalue weighted by atomic mass is 10.2. The number of thioether (sulfide) groups is 1. The summed E-state index contributed by atoms with van der Waals surface area (Å²) >= 11 is 1.52. The van der Waals surface area contributed by atoms with E-state index in [1.54, 1.807) is 10.6 Å². The summed E-state index contributed by atoms with van der Waals surface area (Å²) in [5, 5.41) is 19.2. The quantitative estimate of drug-likeness (QED) is 0.398. The van der Waals surface area contributed by atoms with Crippen molar-refractivity contribution in [2.45, 2.75) is 17.8 Å². The second kappa shape index (κ2) is 7.74. The number of rotatable bonds is 4. The number of nitrogens with zero attached hydrogens (tertiary/aromatic N) is 5. The summed E-state index contributed by atoms with van der Waals surface area (Å²) < 4.78 is 3.53. The van der Waals surface area contributed by atoms with Crippen LogP contribution in [0.5, 0.6) is 0 Å². The molecule has 31 heavy (non-hydrogen) atoms. The van der Waals surface area contributed by atoms with E-state index in [-0.39, 0.29) is 5.56 Å². The van der Waals surface area contributed by atoms with Gasteiger partial charge in [0.1, 0.15) is 0 Å². The molecule has 2 heterocycles. The van der Waals surface area contributed by atoms with Crippen LogP contribution in [0.3, 0.4) is 0 Å². The lowest BCUT2D eigenvalue weighted by Crippen LogP contribution is -2.21. The summed E-state index contributed by atoms with van der Waals surface area (Å²) in [4.78, 5) is 13.3. The number of aryl methyl sites for hydroxylation is 1. The zero-order valence-corrected chi connectivity index (χ0v) is 17.5. The SMILES string of the molecule is Cc1ccc(-n2c(=O)c3ccccc3n3c(SCc4cccc(C#N)c4)nnc23)cc1. The average Bonchev–Trinajstić information content (AvgIpc) is 3.23. The Hall–Kier alpha value is -3.89. The molecule has 0 aliphatic carbocycles. The van der Waals surface area contributed by atoms with Crippen molar-refractivity contribution in [1.82, 2.24) is 19.2 Å². The minimum Gasteiger partial charge on any atom is -0.268 e. The lowest BCUT2D eigenvalue weighted by Gasteiger charge is -2.11. The Kier molecular flexibility index (Phi) is 4.77. The topological polar surface area (TPSA) is 76.0 Å². The van der Waals surface area contributed by atoms with Crippen LogP contribution in [0, 0.1) is 18.3 Å². The number of hydrogen-bond acceptors (Lipinski definition) is 5. The molecule has 0 saturated carbocycles. The highest BCUT2D eigenvalue weighted by Crippen LogP contribution is 2.26. The molecule has 5 rings (SSSR count). The first-order valence-electron chi connectivity index (χ1n) is 9.73. The van der Waals surface area contributed by atoms with Crippen LogP contribution in [0.15, 0.2) is 82.7 Å². The number of para-hydroxylation sites is 1. The maximum atomic E-state index is 13.3. The molecule has 0 atom stereocenters. The van der Waals surface area contributed by atoms with E-state index in [1.165, 1.54) is 11.8 Å². The van der Waals surface area contributed by atoms with E-state index in [9.17, 15) is 4.79 Å². The molecule has 0 aliphatic heterocycles. The van der Waals surface area contributed by atoms with Crippen LogP contribution in [0.25, 0.3) is 22.4 Å². The van der Waals surface area contributed by atoms with E-state index in [2.05, 4.69) is 16.3 Å². The second-order valence-corrected chi connectivity index (χ2v) is 8.15. The van der Waals surface area contributed by atoms with Crippen molar-refractivity contribution in [1.29, 1.82) is 5.26 Å². The van der Waals surface area contributed by atoms with Gasteiger partial charge in [-0.3, -0.25) is 9.20 Å². The molecule has 6 nitrogen and oxygen atoms in total. The molecule has 0 radical (unpaired) electrons. The third-order valence-electron chi connectivity index (χ3n) is 5.11. The Balaban J connectivity index is 1.68. The van der Waals surface area contributed by atoms with E-state index in [1.807, 2.05) is 78.1 Å². The largest absolute Gasteiger partial charge is 0.268 e. The van der Waals surface area contributed by atoms with Crippen molar-refractivity contribution >= 4 is 28.4 Å². The first-order chi connectivity index (χ1) is 15.2. The van der Waals surface area contributed by atoms with Crippen LogP contribution < -0.4 is 5.56 Å². The smallest absolute Gasteiger partial charge is 0.267 e. The number of fused-ring (bicyclic) bond motifs is 3. The third-order valence-corrected chi connectivity index (χ3v) is 6.11. The monoisotopic (exact) mass is 423 g/mol. The molecule has 0 saturated heterocycles. The molecule has 5 aromatic rings. The number of nitriles is 1. The highest BCUT2D eigenvalue weighted by Gasteiger charge is 2.17. The maximum Gasteiger partial charge on any atom is 0.267 e. The fourth-order valence-corrected chi connectivity index (χ4v) is 4.46. The zero-order valence-electron chi connectivity index (χ0n) is 16.7. The van der Waals surface area contributed by atoms with Gasteiger partial charge in [-0.2, -0.15) is 5.26 Å². The van der Waals surface area contributed by atoms with Crippen molar-refractivity contribution in [3.05, 3.63) is 99.8 Å². The lowest BCUT2D eigenvalue weighted by molar-refractivity contribution is 0.930. The summed E-state index contributed by atoms with van der Waals surface area (Å²) in [7, 11) is 0. The first-order valence-corrected chi connectivity index (χ1v) is 10.7. The molecule has 0 bridgehead atoms. The van der Waals surface area contributed by atoms with E-state index in [0.29, 0.717) is 27.6 Å². The van der Waals surface area contributed by atoms with Gasteiger partial charge in [0.05, 0.1) is 28.2 Å². The van der Waals surface area contributed by atoms with Gasteiger partial charge < -0.3 is 0 Å². The number of aromatic nitrogens is 4. The fraction of sp³-hybridized carbons (Fsp3) is 0.0833. The van der Waals surface area contributed by atoms with Gasteiger partial charge in [-0.1, -0.05) is 53.7 Å². The van der Waals surface area contributed by atoms with Crippen molar-refractivity contribution in [3.63, 3.8) is 0 Å². The van der Waals surface area contributed by atoms with Gasteiger partial charge in [-0.25, -0.2) is 4.57 Å². The average molecular weight is 424 g/mol. The van der Waals surface area contributed by atoms with Crippen LogP contribution >= 0.6 is 11.8 Å². The van der Waals surface area contributed by atoms with Gasteiger partial charge in [0.25, 0.3) is 5.56 Å². The molecule has 3 aromatic carbocycles. The standard InChI is InChI=1S/C24H17N5OS/c1-16-9-11-19(12-10-16)28-22(30)20-7-2-3-8-21(20)29-23(28)26-27-24(29)31-15-18-6-4-5-17(13-18)14-25/h2-13H,15H2,1H3. The van der Waals surface area contributed by atoms with Crippen LogP contribution in [-0.2, 0) is 5.75 Å². The van der Waals surface area contributed by atoms with E-state index >= 15 is 0 Å². The van der Waals surface area contributed by atoms with Crippen LogP contribution in [0.1, 0.15) is 16.7 Å². The summed E-state index contributed by atoms with van der Waals surface area (Å²) in [5.41, 5.74) is 4.16. The molecule has 0 amide bonds. The summed E-state index contributed by atoms with van der Waals surface area (Å²) in [6.45, 7) is 2.01. The predicted octanol–water partition coefficient (Wildman–Crippen LogP) is 4.51.